The van der Waals surface area contributed by atoms with E-state index in [1.54, 1.807) is 19.1 Å². The van der Waals surface area contributed by atoms with Gasteiger partial charge in [0.15, 0.2) is 0 Å². The molecular weight excluding hydrogens is 387 g/mol. The van der Waals surface area contributed by atoms with Crippen LogP contribution in [-0.2, 0) is 4.79 Å². The molecule has 2 aromatic rings. The Balaban J connectivity index is 1.94. The average Bonchev–Trinajstić information content (AvgIpc) is 2.58. The summed E-state index contributed by atoms with van der Waals surface area (Å²) < 4.78 is 0. The Morgan fingerprint density at radius 2 is 1.72 bits per heavy atom. The van der Waals surface area contributed by atoms with Gasteiger partial charge >= 0.3 is 0 Å². The van der Waals surface area contributed by atoms with Gasteiger partial charge in [-0.2, -0.15) is 5.10 Å². The van der Waals surface area contributed by atoms with E-state index in [9.17, 15) is 9.59 Å². The number of hydrogen-bond acceptors (Lipinski definition) is 4. The van der Waals surface area contributed by atoms with Crippen molar-refractivity contribution in [1.82, 2.24) is 10.4 Å². The van der Waals surface area contributed by atoms with E-state index in [1.165, 1.54) is 24.5 Å². The number of nitrogens with one attached hydrogen (secondary N) is 2. The van der Waals surface area contributed by atoms with E-state index in [-0.39, 0.29) is 22.4 Å². The van der Waals surface area contributed by atoms with E-state index < -0.39 is 5.91 Å². The highest BCUT2D eigenvalue weighted by Gasteiger charge is 2.11. The van der Waals surface area contributed by atoms with Crippen molar-refractivity contribution in [2.75, 3.05) is 5.32 Å². The first-order valence-electron chi connectivity index (χ1n) is 7.04. The molecule has 25 heavy (non-hydrogen) atoms. The molecule has 2 rings (SSSR count). The van der Waals surface area contributed by atoms with Crippen LogP contribution in [0.4, 0.5) is 5.69 Å². The number of carbonyl (C=O) groups is 2. The van der Waals surface area contributed by atoms with Crippen molar-refractivity contribution in [2.24, 2.45) is 5.10 Å². The second kappa shape index (κ2) is 8.80. The van der Waals surface area contributed by atoms with E-state index >= 15 is 0 Å². The Morgan fingerprint density at radius 3 is 2.40 bits per heavy atom. The highest BCUT2D eigenvalue weighted by Crippen LogP contribution is 2.32. The van der Waals surface area contributed by atoms with Gasteiger partial charge in [0, 0.05) is 23.7 Å². The van der Waals surface area contributed by atoms with Crippen LogP contribution in [-0.4, -0.2) is 22.5 Å². The number of hydrazone groups is 1. The van der Waals surface area contributed by atoms with Crippen molar-refractivity contribution in [2.45, 2.75) is 13.3 Å². The predicted molar refractivity (Wildman–Crippen MR) is 99.5 cm³/mol. The lowest BCUT2D eigenvalue weighted by Crippen LogP contribution is -2.21. The number of nitrogens with zero attached hydrogens (tertiary/aromatic N) is 2. The van der Waals surface area contributed by atoms with Crippen molar-refractivity contribution in [3.63, 3.8) is 0 Å². The third-order valence-corrected chi connectivity index (χ3v) is 4.03. The summed E-state index contributed by atoms with van der Waals surface area (Å²) in [5.41, 5.74) is 3.54. The van der Waals surface area contributed by atoms with E-state index in [4.69, 9.17) is 34.8 Å². The van der Waals surface area contributed by atoms with Crippen LogP contribution in [0.5, 0.6) is 0 Å². The number of anilines is 1. The van der Waals surface area contributed by atoms with E-state index in [2.05, 4.69) is 20.8 Å². The normalized spacial score (nSPS) is 11.1. The molecule has 0 bridgehead atoms. The minimum atomic E-state index is -0.394. The smallest absolute Gasteiger partial charge is 0.271 e. The van der Waals surface area contributed by atoms with Crippen molar-refractivity contribution >= 4 is 58.0 Å². The van der Waals surface area contributed by atoms with Crippen LogP contribution in [0.1, 0.15) is 23.7 Å². The van der Waals surface area contributed by atoms with Crippen molar-refractivity contribution in [3.8, 4) is 0 Å². The summed E-state index contributed by atoms with van der Waals surface area (Å²) >= 11 is 17.7. The van der Waals surface area contributed by atoms with Crippen LogP contribution in [0.25, 0.3) is 0 Å². The summed E-state index contributed by atoms with van der Waals surface area (Å²) in [6, 6.07) is 6.01. The second-order valence-electron chi connectivity index (χ2n) is 5.00. The Kier molecular flexibility index (Phi) is 6.75. The molecule has 2 amide bonds. The van der Waals surface area contributed by atoms with Crippen LogP contribution in [0.3, 0.4) is 0 Å². The molecule has 0 saturated carbocycles. The lowest BCUT2D eigenvalue weighted by Gasteiger charge is -2.09. The zero-order valence-electron chi connectivity index (χ0n) is 13.0. The van der Waals surface area contributed by atoms with Gasteiger partial charge in [0.25, 0.3) is 5.91 Å². The van der Waals surface area contributed by atoms with Gasteiger partial charge in [-0.25, -0.2) is 5.43 Å². The van der Waals surface area contributed by atoms with E-state index in [0.29, 0.717) is 22.0 Å². The van der Waals surface area contributed by atoms with Gasteiger partial charge < -0.3 is 5.32 Å². The molecule has 130 valence electrons. The summed E-state index contributed by atoms with van der Waals surface area (Å²) in [6.07, 6.45) is 2.97. The van der Waals surface area contributed by atoms with Gasteiger partial charge in [-0.1, -0.05) is 34.8 Å². The van der Waals surface area contributed by atoms with Gasteiger partial charge in [0.1, 0.15) is 0 Å². The lowest BCUT2D eigenvalue weighted by molar-refractivity contribution is -0.115. The lowest BCUT2D eigenvalue weighted by atomic mass is 10.2. The summed E-state index contributed by atoms with van der Waals surface area (Å²) in [4.78, 5) is 27.7. The van der Waals surface area contributed by atoms with Crippen LogP contribution >= 0.6 is 34.8 Å². The Labute approximate surface area is 159 Å². The van der Waals surface area contributed by atoms with Gasteiger partial charge in [-0.05, 0) is 31.2 Å². The monoisotopic (exact) mass is 398 g/mol. The Bertz CT molecular complexity index is 826. The quantitative estimate of drug-likeness (QED) is 0.449. The van der Waals surface area contributed by atoms with Gasteiger partial charge in [0.05, 0.1) is 27.2 Å². The third-order valence-electron chi connectivity index (χ3n) is 2.99. The minimum absolute atomic E-state index is 0.0345. The molecule has 1 aromatic heterocycles. The second-order valence-corrected chi connectivity index (χ2v) is 6.22. The molecule has 9 heteroatoms. The first-order chi connectivity index (χ1) is 11.9. The highest BCUT2D eigenvalue weighted by atomic mass is 35.5. The number of halogens is 3. The molecule has 0 atom stereocenters. The summed E-state index contributed by atoms with van der Waals surface area (Å²) in [5.74, 6) is -0.755. The molecule has 0 aliphatic carbocycles. The Hall–Kier alpha value is -2.15. The topological polar surface area (TPSA) is 83.5 Å². The molecule has 0 spiro atoms. The molecule has 6 nitrogen and oxygen atoms in total. The van der Waals surface area contributed by atoms with Crippen LogP contribution in [0.2, 0.25) is 15.1 Å². The van der Waals surface area contributed by atoms with Crippen molar-refractivity contribution in [3.05, 3.63) is 57.3 Å². The molecule has 0 aliphatic rings. The SMILES string of the molecule is C/C(CC(=O)Nc1cc(Cl)c(Cl)cc1Cl)=N\NC(=O)c1ccncc1. The third kappa shape index (κ3) is 5.70. The fourth-order valence-corrected chi connectivity index (χ4v) is 2.39. The molecular formula is C16H13Cl3N4O2. The van der Waals surface area contributed by atoms with Crippen LogP contribution in [0, 0.1) is 0 Å². The summed E-state index contributed by atoms with van der Waals surface area (Å²) in [5, 5.41) is 7.34. The van der Waals surface area contributed by atoms with E-state index in [0.717, 1.165) is 0 Å². The molecule has 2 N–H and O–H groups in total. The number of pyridine rings is 1. The predicted octanol–water partition coefficient (Wildman–Crippen LogP) is 4.18. The van der Waals surface area contributed by atoms with E-state index in [1.807, 2.05) is 0 Å². The average molecular weight is 400 g/mol. The maximum Gasteiger partial charge on any atom is 0.271 e. The van der Waals surface area contributed by atoms with Gasteiger partial charge in [-0.15, -0.1) is 0 Å². The molecule has 1 heterocycles. The van der Waals surface area contributed by atoms with Crippen LogP contribution in [0.15, 0.2) is 41.8 Å². The first-order valence-corrected chi connectivity index (χ1v) is 8.18. The van der Waals surface area contributed by atoms with Crippen molar-refractivity contribution in [1.29, 1.82) is 0 Å². The van der Waals surface area contributed by atoms with Crippen LogP contribution < -0.4 is 10.7 Å². The maximum absolute atomic E-state index is 12.0. The highest BCUT2D eigenvalue weighted by molar-refractivity contribution is 6.44. The number of carbonyl (C=O) groups excluding carboxylic acids is 2. The standard InChI is InChI=1S/C16H13Cl3N4O2/c1-9(22-23-16(25)10-2-4-20-5-3-10)6-15(24)21-14-8-12(18)11(17)7-13(14)19/h2-5,7-8H,6H2,1H3,(H,21,24)(H,23,25)/b22-9+. The summed E-state index contributed by atoms with van der Waals surface area (Å²) in [7, 11) is 0. The molecule has 0 saturated heterocycles. The number of rotatable bonds is 5. The maximum atomic E-state index is 12.0. The number of hydrogen-bond donors (Lipinski definition) is 2. The molecule has 1 aromatic carbocycles. The van der Waals surface area contributed by atoms with Crippen molar-refractivity contribution < 1.29 is 9.59 Å². The first kappa shape index (κ1) is 19.2. The summed E-state index contributed by atoms with van der Waals surface area (Å²) in [6.45, 7) is 1.61. The van der Waals surface area contributed by atoms with Gasteiger partial charge in [-0.3, -0.25) is 14.6 Å². The number of amides is 2. The molecule has 0 fully saturated rings. The fourth-order valence-electron chi connectivity index (χ4n) is 1.80. The van der Waals surface area contributed by atoms with Gasteiger partial charge in [0.2, 0.25) is 5.91 Å². The largest absolute Gasteiger partial charge is 0.324 e. The number of benzene rings is 1. The zero-order valence-corrected chi connectivity index (χ0v) is 15.3. The molecule has 0 aliphatic heterocycles. The Morgan fingerprint density at radius 1 is 1.08 bits per heavy atom. The zero-order chi connectivity index (χ0) is 18.4. The minimum Gasteiger partial charge on any atom is -0.324 e. The fraction of sp³-hybridized carbons (Fsp3) is 0.125. The molecule has 0 radical (unpaired) electrons. The number of aromatic nitrogens is 1. The molecule has 0 unspecified atom stereocenters.